The van der Waals surface area contributed by atoms with E-state index in [0.717, 1.165) is 22.4 Å². The van der Waals surface area contributed by atoms with E-state index < -0.39 is 11.6 Å². The van der Waals surface area contributed by atoms with Crippen LogP contribution in [0.3, 0.4) is 0 Å². The van der Waals surface area contributed by atoms with E-state index in [4.69, 9.17) is 0 Å². The maximum absolute atomic E-state index is 13.5. The van der Waals surface area contributed by atoms with Crippen LogP contribution in [0.4, 0.5) is 8.78 Å². The minimum Gasteiger partial charge on any atom is -0.308 e. The summed E-state index contributed by atoms with van der Waals surface area (Å²) in [6.07, 6.45) is 3.62. The molecule has 1 N–H and O–H groups in total. The van der Waals surface area contributed by atoms with Gasteiger partial charge in [0.2, 0.25) is 0 Å². The number of pyridine rings is 1. The van der Waals surface area contributed by atoms with Gasteiger partial charge in [0, 0.05) is 42.5 Å². The number of aromatic nitrogens is 1. The molecule has 0 fully saturated rings. The van der Waals surface area contributed by atoms with Gasteiger partial charge in [-0.3, -0.25) is 4.98 Å². The standard InChI is InChI=1S/C17H14F2N2/c18-15-6-5-13(17(19)7-15)9-21-11-14-10-20-8-12-3-1-2-4-16(12)14/h1-8,10,21H,9,11H2. The normalized spacial score (nSPS) is 11.0. The summed E-state index contributed by atoms with van der Waals surface area (Å²) in [5, 5.41) is 5.37. The minimum atomic E-state index is -0.561. The first kappa shape index (κ1) is 13.6. The molecule has 106 valence electrons. The number of benzene rings is 2. The summed E-state index contributed by atoms with van der Waals surface area (Å²) >= 11 is 0. The van der Waals surface area contributed by atoms with Crippen LogP contribution >= 0.6 is 0 Å². The Balaban J connectivity index is 1.72. The highest BCUT2D eigenvalue weighted by Gasteiger charge is 2.04. The van der Waals surface area contributed by atoms with E-state index in [0.29, 0.717) is 18.7 Å². The number of hydrogen-bond donors (Lipinski definition) is 1. The molecule has 0 bridgehead atoms. The third-order valence-electron chi connectivity index (χ3n) is 3.40. The van der Waals surface area contributed by atoms with Gasteiger partial charge in [-0.25, -0.2) is 8.78 Å². The molecule has 3 aromatic rings. The van der Waals surface area contributed by atoms with Crippen LogP contribution in [-0.2, 0) is 13.1 Å². The molecule has 0 saturated carbocycles. The van der Waals surface area contributed by atoms with E-state index in [2.05, 4.69) is 10.3 Å². The van der Waals surface area contributed by atoms with E-state index in [1.54, 1.807) is 6.20 Å². The summed E-state index contributed by atoms with van der Waals surface area (Å²) in [5.74, 6) is -1.09. The van der Waals surface area contributed by atoms with E-state index in [1.165, 1.54) is 12.1 Å². The molecular weight excluding hydrogens is 270 g/mol. The van der Waals surface area contributed by atoms with Crippen LogP contribution in [0.2, 0.25) is 0 Å². The van der Waals surface area contributed by atoms with E-state index >= 15 is 0 Å². The average molecular weight is 284 g/mol. The molecule has 1 aromatic heterocycles. The summed E-state index contributed by atoms with van der Waals surface area (Å²) in [6, 6.07) is 11.6. The maximum atomic E-state index is 13.5. The van der Waals surface area contributed by atoms with Crippen molar-refractivity contribution in [1.29, 1.82) is 0 Å². The van der Waals surface area contributed by atoms with Gasteiger partial charge in [0.15, 0.2) is 0 Å². The Bertz CT molecular complexity index is 766. The number of nitrogens with zero attached hydrogens (tertiary/aromatic N) is 1. The molecule has 0 amide bonds. The number of fused-ring (bicyclic) bond motifs is 1. The molecular formula is C17H14F2N2. The number of nitrogens with one attached hydrogen (secondary N) is 1. The quantitative estimate of drug-likeness (QED) is 0.788. The molecule has 4 heteroatoms. The van der Waals surface area contributed by atoms with Crippen LogP contribution < -0.4 is 5.32 Å². The highest BCUT2D eigenvalue weighted by Crippen LogP contribution is 2.17. The van der Waals surface area contributed by atoms with Crippen molar-refractivity contribution >= 4 is 10.8 Å². The van der Waals surface area contributed by atoms with Crippen molar-refractivity contribution in [2.24, 2.45) is 0 Å². The van der Waals surface area contributed by atoms with Crippen molar-refractivity contribution in [3.8, 4) is 0 Å². The lowest BCUT2D eigenvalue weighted by Crippen LogP contribution is -2.14. The largest absolute Gasteiger partial charge is 0.308 e. The molecule has 0 aliphatic rings. The van der Waals surface area contributed by atoms with Gasteiger partial charge in [-0.2, -0.15) is 0 Å². The van der Waals surface area contributed by atoms with Gasteiger partial charge in [0.05, 0.1) is 0 Å². The topological polar surface area (TPSA) is 24.9 Å². The van der Waals surface area contributed by atoms with Gasteiger partial charge >= 0.3 is 0 Å². The summed E-state index contributed by atoms with van der Waals surface area (Å²) in [6.45, 7) is 0.917. The zero-order chi connectivity index (χ0) is 14.7. The van der Waals surface area contributed by atoms with Crippen molar-refractivity contribution in [2.45, 2.75) is 13.1 Å². The summed E-state index contributed by atoms with van der Waals surface area (Å²) in [7, 11) is 0. The molecule has 0 radical (unpaired) electrons. The molecule has 0 saturated heterocycles. The molecule has 0 unspecified atom stereocenters. The van der Waals surface area contributed by atoms with Crippen molar-refractivity contribution in [3.05, 3.63) is 77.6 Å². The van der Waals surface area contributed by atoms with Gasteiger partial charge in [-0.05, 0) is 17.0 Å². The summed E-state index contributed by atoms with van der Waals surface area (Å²) in [4.78, 5) is 4.20. The highest BCUT2D eigenvalue weighted by atomic mass is 19.1. The minimum absolute atomic E-state index is 0.343. The van der Waals surface area contributed by atoms with Crippen molar-refractivity contribution in [2.75, 3.05) is 0 Å². The van der Waals surface area contributed by atoms with Gasteiger partial charge in [0.25, 0.3) is 0 Å². The van der Waals surface area contributed by atoms with Crippen molar-refractivity contribution in [1.82, 2.24) is 10.3 Å². The number of rotatable bonds is 4. The highest BCUT2D eigenvalue weighted by molar-refractivity contribution is 5.84. The molecule has 21 heavy (non-hydrogen) atoms. The van der Waals surface area contributed by atoms with E-state index in [1.807, 2.05) is 30.5 Å². The second-order valence-corrected chi connectivity index (χ2v) is 4.86. The second kappa shape index (κ2) is 5.97. The summed E-state index contributed by atoms with van der Waals surface area (Å²) in [5.41, 5.74) is 1.50. The second-order valence-electron chi connectivity index (χ2n) is 4.86. The third-order valence-corrected chi connectivity index (χ3v) is 3.40. The molecule has 0 spiro atoms. The molecule has 0 aliphatic carbocycles. The van der Waals surface area contributed by atoms with E-state index in [-0.39, 0.29) is 0 Å². The summed E-state index contributed by atoms with van der Waals surface area (Å²) < 4.78 is 26.4. The molecule has 0 aliphatic heterocycles. The Morgan fingerprint density at radius 3 is 2.57 bits per heavy atom. The first-order chi connectivity index (χ1) is 10.2. The Morgan fingerprint density at radius 2 is 1.71 bits per heavy atom. The number of halogens is 2. The smallest absolute Gasteiger partial charge is 0.130 e. The SMILES string of the molecule is Fc1ccc(CNCc2cncc3ccccc23)c(F)c1. The first-order valence-corrected chi connectivity index (χ1v) is 6.70. The fourth-order valence-electron chi connectivity index (χ4n) is 2.32. The van der Waals surface area contributed by atoms with Gasteiger partial charge in [0.1, 0.15) is 11.6 Å². The molecule has 1 heterocycles. The Morgan fingerprint density at radius 1 is 0.905 bits per heavy atom. The molecule has 2 nitrogen and oxygen atoms in total. The molecule has 2 aromatic carbocycles. The predicted molar refractivity (Wildman–Crippen MR) is 78.6 cm³/mol. The number of hydrogen-bond acceptors (Lipinski definition) is 2. The van der Waals surface area contributed by atoms with Crippen LogP contribution in [-0.4, -0.2) is 4.98 Å². The third kappa shape index (κ3) is 3.06. The molecule has 3 rings (SSSR count). The first-order valence-electron chi connectivity index (χ1n) is 6.70. The lowest BCUT2D eigenvalue weighted by atomic mass is 10.1. The van der Waals surface area contributed by atoms with Crippen molar-refractivity contribution < 1.29 is 8.78 Å². The van der Waals surface area contributed by atoms with Crippen LogP contribution in [0.15, 0.2) is 54.9 Å². The van der Waals surface area contributed by atoms with Crippen LogP contribution in [0.5, 0.6) is 0 Å². The maximum Gasteiger partial charge on any atom is 0.130 e. The van der Waals surface area contributed by atoms with Gasteiger partial charge in [-0.1, -0.05) is 30.3 Å². The fourth-order valence-corrected chi connectivity index (χ4v) is 2.32. The Hall–Kier alpha value is -2.33. The fraction of sp³-hybridized carbons (Fsp3) is 0.118. The van der Waals surface area contributed by atoms with Gasteiger partial charge < -0.3 is 5.32 Å². The van der Waals surface area contributed by atoms with Crippen LogP contribution in [0.1, 0.15) is 11.1 Å². The van der Waals surface area contributed by atoms with Crippen LogP contribution in [0, 0.1) is 11.6 Å². The van der Waals surface area contributed by atoms with Gasteiger partial charge in [-0.15, -0.1) is 0 Å². The lowest BCUT2D eigenvalue weighted by molar-refractivity contribution is 0.560. The van der Waals surface area contributed by atoms with Crippen LogP contribution in [0.25, 0.3) is 10.8 Å². The Labute approximate surface area is 121 Å². The predicted octanol–water partition coefficient (Wildman–Crippen LogP) is 3.80. The van der Waals surface area contributed by atoms with Crippen molar-refractivity contribution in [3.63, 3.8) is 0 Å². The van der Waals surface area contributed by atoms with E-state index in [9.17, 15) is 8.78 Å². The zero-order valence-corrected chi connectivity index (χ0v) is 11.3. The average Bonchev–Trinajstić information content (AvgIpc) is 2.50. The lowest BCUT2D eigenvalue weighted by Gasteiger charge is -2.08. The Kier molecular flexibility index (Phi) is 3.88. The zero-order valence-electron chi connectivity index (χ0n) is 11.3. The monoisotopic (exact) mass is 284 g/mol. The molecule has 0 atom stereocenters.